The van der Waals surface area contributed by atoms with Crippen LogP contribution in [0.2, 0.25) is 0 Å². The average Bonchev–Trinajstić information content (AvgIpc) is 2.92. The Hall–Kier alpha value is -2.02. The maximum absolute atomic E-state index is 12.7. The minimum absolute atomic E-state index is 0.00151. The number of fused-ring (bicyclic) bond motifs is 1. The van der Waals surface area contributed by atoms with E-state index in [1.165, 1.54) is 0 Å². The van der Waals surface area contributed by atoms with E-state index in [1.807, 2.05) is 26.8 Å². The second-order valence-electron chi connectivity index (χ2n) is 6.46. The van der Waals surface area contributed by atoms with Crippen molar-refractivity contribution in [1.82, 2.24) is 0 Å². The number of carbonyl (C=O) groups excluding carboxylic acids is 2. The zero-order valence-corrected chi connectivity index (χ0v) is 12.5. The van der Waals surface area contributed by atoms with Gasteiger partial charge in [0, 0.05) is 35.3 Å². The molecule has 4 nitrogen and oxygen atoms in total. The van der Waals surface area contributed by atoms with Crippen molar-refractivity contribution in [2.45, 2.75) is 45.6 Å². The molecule has 0 saturated carbocycles. The van der Waals surface area contributed by atoms with Crippen molar-refractivity contribution in [3.05, 3.63) is 23.0 Å². The lowest BCUT2D eigenvalue weighted by atomic mass is 9.86. The van der Waals surface area contributed by atoms with Crippen LogP contribution in [0.4, 0.5) is 0 Å². The number of hydrogen-bond acceptors (Lipinski definition) is 4. The summed E-state index contributed by atoms with van der Waals surface area (Å²) in [6.07, 6.45) is 3.83. The van der Waals surface area contributed by atoms with Gasteiger partial charge in [-0.15, -0.1) is 0 Å². The van der Waals surface area contributed by atoms with Gasteiger partial charge < -0.3 is 9.47 Å². The molecule has 0 N–H and O–H groups in total. The third-order valence-electron chi connectivity index (χ3n) is 4.29. The smallest absolute Gasteiger partial charge is 0.384 e. The molecule has 2 aliphatic heterocycles. The maximum atomic E-state index is 12.7. The van der Waals surface area contributed by atoms with Crippen LogP contribution in [0, 0.1) is 17.3 Å². The van der Waals surface area contributed by atoms with Crippen LogP contribution >= 0.6 is 0 Å². The summed E-state index contributed by atoms with van der Waals surface area (Å²) in [5, 5.41) is 0. The molecule has 2 heterocycles. The van der Waals surface area contributed by atoms with Gasteiger partial charge in [-0.25, -0.2) is 4.79 Å². The van der Waals surface area contributed by atoms with Crippen LogP contribution < -0.4 is 0 Å². The van der Waals surface area contributed by atoms with Crippen molar-refractivity contribution < 1.29 is 19.1 Å². The minimum Gasteiger partial charge on any atom is -0.478 e. The van der Waals surface area contributed by atoms with E-state index >= 15 is 0 Å². The Kier molecular flexibility index (Phi) is 2.98. The predicted octanol–water partition coefficient (Wildman–Crippen LogP) is 2.30. The average molecular weight is 286 g/mol. The van der Waals surface area contributed by atoms with E-state index in [0.717, 1.165) is 12.0 Å². The first-order valence-corrected chi connectivity index (χ1v) is 7.17. The Morgan fingerprint density at radius 3 is 2.81 bits per heavy atom. The van der Waals surface area contributed by atoms with Gasteiger partial charge in [0.15, 0.2) is 5.60 Å². The van der Waals surface area contributed by atoms with E-state index in [0.29, 0.717) is 24.2 Å². The molecule has 3 rings (SSSR count). The van der Waals surface area contributed by atoms with Gasteiger partial charge in [0.1, 0.15) is 12.4 Å². The molecule has 1 aliphatic carbocycles. The number of ketones is 1. The zero-order chi connectivity index (χ0) is 15.3. The van der Waals surface area contributed by atoms with Crippen LogP contribution in [0.1, 0.15) is 40.0 Å². The Labute approximate surface area is 124 Å². The quantitative estimate of drug-likeness (QED) is 0.297. The number of esters is 1. The third-order valence-corrected chi connectivity index (χ3v) is 4.29. The monoisotopic (exact) mass is 286 g/mol. The fourth-order valence-electron chi connectivity index (χ4n) is 3.10. The van der Waals surface area contributed by atoms with Gasteiger partial charge in [0.05, 0.1) is 0 Å². The number of carbonyl (C=O) groups is 2. The first-order valence-electron chi connectivity index (χ1n) is 7.17. The molecule has 2 bridgehead atoms. The molecule has 0 saturated heterocycles. The van der Waals surface area contributed by atoms with Crippen LogP contribution in [0.5, 0.6) is 0 Å². The molecule has 0 aromatic rings. The lowest BCUT2D eigenvalue weighted by Crippen LogP contribution is -2.38. The van der Waals surface area contributed by atoms with E-state index in [2.05, 4.69) is 11.8 Å². The van der Waals surface area contributed by atoms with Gasteiger partial charge >= 0.3 is 5.97 Å². The summed E-state index contributed by atoms with van der Waals surface area (Å²) < 4.78 is 11.3. The van der Waals surface area contributed by atoms with Gasteiger partial charge in [0.2, 0.25) is 5.78 Å². The Morgan fingerprint density at radius 2 is 2.05 bits per heavy atom. The number of ether oxygens (including phenoxy) is 2. The molecule has 0 aromatic heterocycles. The second-order valence-corrected chi connectivity index (χ2v) is 6.46. The van der Waals surface area contributed by atoms with Crippen LogP contribution in [0.25, 0.3) is 0 Å². The van der Waals surface area contributed by atoms with Crippen LogP contribution in [-0.2, 0) is 19.1 Å². The summed E-state index contributed by atoms with van der Waals surface area (Å²) >= 11 is 0. The normalized spacial score (nSPS) is 30.5. The van der Waals surface area contributed by atoms with Crippen LogP contribution in [-0.4, -0.2) is 24.0 Å². The first kappa shape index (κ1) is 13.9. The predicted molar refractivity (Wildman–Crippen MR) is 76.0 cm³/mol. The second kappa shape index (κ2) is 4.49. The molecule has 0 fully saturated rings. The van der Waals surface area contributed by atoms with Crippen molar-refractivity contribution in [2.24, 2.45) is 5.41 Å². The third kappa shape index (κ3) is 2.17. The summed E-state index contributed by atoms with van der Waals surface area (Å²) in [5.74, 6) is 5.59. The molecule has 110 valence electrons. The molecular weight excluding hydrogens is 268 g/mol. The first-order chi connectivity index (χ1) is 9.84. The number of cyclic esters (lactones) is 1. The fourth-order valence-corrected chi connectivity index (χ4v) is 3.10. The Balaban J connectivity index is 2.06. The lowest BCUT2D eigenvalue weighted by Gasteiger charge is -2.27. The van der Waals surface area contributed by atoms with Crippen molar-refractivity contribution in [1.29, 1.82) is 0 Å². The standard InChI is InChI=1S/C17H18O4/c1-11-13-9-16(2,3)8-6-14(18)20-10-12-5-4-7-17(12,21-13)15(11)19/h5H,4,7,9-10H2,1-3H3/t17-/m1/s1. The molecule has 0 unspecified atom stereocenters. The van der Waals surface area contributed by atoms with Gasteiger partial charge in [-0.3, -0.25) is 4.79 Å². The number of hydrogen-bond donors (Lipinski definition) is 0. The molecule has 0 aromatic carbocycles. The lowest BCUT2D eigenvalue weighted by molar-refractivity contribution is -0.137. The largest absolute Gasteiger partial charge is 0.478 e. The van der Waals surface area contributed by atoms with E-state index in [9.17, 15) is 9.59 Å². The highest BCUT2D eigenvalue weighted by atomic mass is 16.5. The highest BCUT2D eigenvalue weighted by Gasteiger charge is 2.52. The molecule has 0 amide bonds. The van der Waals surface area contributed by atoms with Gasteiger partial charge in [-0.1, -0.05) is 12.0 Å². The summed E-state index contributed by atoms with van der Waals surface area (Å²) in [7, 11) is 0. The van der Waals surface area contributed by atoms with Crippen molar-refractivity contribution in [2.75, 3.05) is 6.61 Å². The van der Waals surface area contributed by atoms with Crippen LogP contribution in [0.15, 0.2) is 23.0 Å². The number of allylic oxidation sites excluding steroid dienone is 2. The van der Waals surface area contributed by atoms with Crippen molar-refractivity contribution in [3.63, 3.8) is 0 Å². The van der Waals surface area contributed by atoms with E-state index in [-0.39, 0.29) is 12.4 Å². The molecule has 4 heteroatoms. The SMILES string of the molecule is CC1=C2CC(C)(C)C#CC(=O)OCC3=CCC[C@]3(O2)C1=O. The molecule has 0 radical (unpaired) electrons. The summed E-state index contributed by atoms with van der Waals surface area (Å²) in [4.78, 5) is 24.4. The topological polar surface area (TPSA) is 52.6 Å². The highest BCUT2D eigenvalue weighted by molar-refractivity contribution is 6.06. The summed E-state index contributed by atoms with van der Waals surface area (Å²) in [6, 6.07) is 0. The molecule has 1 atom stereocenters. The van der Waals surface area contributed by atoms with E-state index in [4.69, 9.17) is 9.47 Å². The molecule has 1 spiro atoms. The number of Topliss-reactive ketones (excluding diaryl/α,β-unsaturated/α-hetero) is 1. The summed E-state index contributed by atoms with van der Waals surface area (Å²) in [6.45, 7) is 5.73. The zero-order valence-electron chi connectivity index (χ0n) is 12.5. The number of rotatable bonds is 0. The Bertz CT molecular complexity index is 654. The van der Waals surface area contributed by atoms with Crippen molar-refractivity contribution >= 4 is 11.8 Å². The van der Waals surface area contributed by atoms with Gasteiger partial charge in [-0.2, -0.15) is 0 Å². The molecule has 21 heavy (non-hydrogen) atoms. The van der Waals surface area contributed by atoms with Gasteiger partial charge in [0.25, 0.3) is 0 Å². The summed E-state index contributed by atoms with van der Waals surface area (Å²) in [5.41, 5.74) is 0.0234. The Morgan fingerprint density at radius 1 is 1.29 bits per heavy atom. The van der Waals surface area contributed by atoms with Crippen molar-refractivity contribution in [3.8, 4) is 11.8 Å². The molecular formula is C17H18O4. The minimum atomic E-state index is -0.944. The van der Waals surface area contributed by atoms with E-state index < -0.39 is 17.0 Å². The van der Waals surface area contributed by atoms with E-state index in [1.54, 1.807) is 0 Å². The fraction of sp³-hybridized carbons (Fsp3) is 0.529. The van der Waals surface area contributed by atoms with Crippen LogP contribution in [0.3, 0.4) is 0 Å². The maximum Gasteiger partial charge on any atom is 0.384 e. The highest BCUT2D eigenvalue weighted by Crippen LogP contribution is 2.46. The van der Waals surface area contributed by atoms with Gasteiger partial charge in [-0.05, 0) is 27.2 Å². The molecule has 3 aliphatic rings.